The molecule has 0 radical (unpaired) electrons. The van der Waals surface area contributed by atoms with Crippen LogP contribution in [0, 0.1) is 0 Å². The molecule has 0 unspecified atom stereocenters. The van der Waals surface area contributed by atoms with E-state index in [0.717, 1.165) is 13.0 Å². The van der Waals surface area contributed by atoms with Crippen LogP contribution in [0.4, 0.5) is 0 Å². The number of nitrogens with zero attached hydrogens (tertiary/aromatic N) is 2. The average Bonchev–Trinajstić information content (AvgIpc) is 2.86. The van der Waals surface area contributed by atoms with Crippen molar-refractivity contribution in [3.05, 3.63) is 23.8 Å². The summed E-state index contributed by atoms with van der Waals surface area (Å²) in [6, 6.07) is 5.30. The minimum atomic E-state index is -0.0206. The quantitative estimate of drug-likeness (QED) is 0.830. The van der Waals surface area contributed by atoms with Crippen molar-refractivity contribution >= 4 is 11.8 Å². The normalized spacial score (nSPS) is 17.6. The summed E-state index contributed by atoms with van der Waals surface area (Å²) in [5.41, 5.74) is 0.601. The lowest BCUT2D eigenvalue weighted by atomic mass is 10.1. The van der Waals surface area contributed by atoms with Gasteiger partial charge < -0.3 is 19.3 Å². The molecule has 0 spiro atoms. The van der Waals surface area contributed by atoms with Crippen molar-refractivity contribution in [2.24, 2.45) is 0 Å². The Labute approximate surface area is 136 Å². The van der Waals surface area contributed by atoms with E-state index in [1.54, 1.807) is 18.2 Å². The van der Waals surface area contributed by atoms with Gasteiger partial charge in [0.1, 0.15) is 13.2 Å². The molecule has 0 atom stereocenters. The zero-order valence-corrected chi connectivity index (χ0v) is 13.4. The minimum absolute atomic E-state index is 0.0206. The zero-order valence-electron chi connectivity index (χ0n) is 13.4. The Hall–Kier alpha value is -2.24. The number of rotatable bonds is 2. The maximum atomic E-state index is 12.7. The monoisotopic (exact) mass is 318 g/mol. The number of fused-ring (bicyclic) bond motifs is 1. The maximum Gasteiger partial charge on any atom is 0.254 e. The van der Waals surface area contributed by atoms with Gasteiger partial charge in [0.25, 0.3) is 5.91 Å². The molecule has 1 aromatic carbocycles. The predicted octanol–water partition coefficient (Wildman–Crippen LogP) is 1.54. The molecule has 1 saturated heterocycles. The average molecular weight is 318 g/mol. The number of hydrogen-bond donors (Lipinski definition) is 0. The highest BCUT2D eigenvalue weighted by Crippen LogP contribution is 2.31. The van der Waals surface area contributed by atoms with E-state index < -0.39 is 0 Å². The number of benzene rings is 1. The summed E-state index contributed by atoms with van der Waals surface area (Å²) in [4.78, 5) is 28.2. The molecule has 3 rings (SSSR count). The third kappa shape index (κ3) is 3.41. The molecule has 124 valence electrons. The highest BCUT2D eigenvalue weighted by molar-refractivity contribution is 5.95. The molecule has 0 aliphatic carbocycles. The zero-order chi connectivity index (χ0) is 16.2. The topological polar surface area (TPSA) is 59.1 Å². The van der Waals surface area contributed by atoms with Gasteiger partial charge in [-0.15, -0.1) is 0 Å². The van der Waals surface area contributed by atoms with Crippen LogP contribution in [-0.4, -0.2) is 61.0 Å². The van der Waals surface area contributed by atoms with Gasteiger partial charge in [0, 0.05) is 38.2 Å². The highest BCUT2D eigenvalue weighted by Gasteiger charge is 2.23. The number of carbonyl (C=O) groups is 2. The Morgan fingerprint density at radius 2 is 1.70 bits per heavy atom. The molecule has 6 nitrogen and oxygen atoms in total. The summed E-state index contributed by atoms with van der Waals surface area (Å²) in [6.07, 6.45) is 1.32. The second-order valence-corrected chi connectivity index (χ2v) is 5.74. The Morgan fingerprint density at radius 3 is 2.48 bits per heavy atom. The summed E-state index contributed by atoms with van der Waals surface area (Å²) >= 11 is 0. The maximum absolute atomic E-state index is 12.7. The Kier molecular flexibility index (Phi) is 4.69. The molecule has 2 amide bonds. The van der Waals surface area contributed by atoms with Crippen LogP contribution in [0.2, 0.25) is 0 Å². The van der Waals surface area contributed by atoms with Crippen LogP contribution >= 0.6 is 0 Å². The van der Waals surface area contributed by atoms with Crippen molar-refractivity contribution < 1.29 is 19.1 Å². The standard InChI is InChI=1S/C17H22N2O4/c1-2-16(20)18-6-3-7-19(9-8-18)17(21)13-4-5-14-15(12-13)23-11-10-22-14/h4-5,12H,2-3,6-11H2,1H3. The Morgan fingerprint density at radius 1 is 1.00 bits per heavy atom. The van der Waals surface area contributed by atoms with Crippen LogP contribution in [0.15, 0.2) is 18.2 Å². The lowest BCUT2D eigenvalue weighted by Crippen LogP contribution is -2.37. The molecule has 1 fully saturated rings. The van der Waals surface area contributed by atoms with E-state index in [2.05, 4.69) is 0 Å². The van der Waals surface area contributed by atoms with Crippen molar-refractivity contribution in [2.75, 3.05) is 39.4 Å². The van der Waals surface area contributed by atoms with Crippen molar-refractivity contribution in [3.8, 4) is 11.5 Å². The van der Waals surface area contributed by atoms with Crippen LogP contribution in [0.25, 0.3) is 0 Å². The fourth-order valence-electron chi connectivity index (χ4n) is 2.95. The van der Waals surface area contributed by atoms with E-state index in [-0.39, 0.29) is 11.8 Å². The van der Waals surface area contributed by atoms with E-state index in [1.165, 1.54) is 0 Å². The van der Waals surface area contributed by atoms with Crippen LogP contribution < -0.4 is 9.47 Å². The molecular weight excluding hydrogens is 296 g/mol. The van der Waals surface area contributed by atoms with Gasteiger partial charge in [-0.1, -0.05) is 6.92 Å². The first-order valence-electron chi connectivity index (χ1n) is 8.15. The SMILES string of the molecule is CCC(=O)N1CCCN(C(=O)c2ccc3c(c2)OCCO3)CC1. The summed E-state index contributed by atoms with van der Waals surface area (Å²) < 4.78 is 11.0. The Bertz CT molecular complexity index is 602. The largest absolute Gasteiger partial charge is 0.486 e. The van der Waals surface area contributed by atoms with Crippen molar-refractivity contribution in [1.82, 2.24) is 9.80 Å². The number of amides is 2. The van der Waals surface area contributed by atoms with Gasteiger partial charge in [-0.05, 0) is 24.6 Å². The molecule has 2 aliphatic rings. The number of carbonyl (C=O) groups excluding carboxylic acids is 2. The van der Waals surface area contributed by atoms with Crippen LogP contribution in [0.3, 0.4) is 0 Å². The summed E-state index contributed by atoms with van der Waals surface area (Å²) in [6.45, 7) is 5.46. The molecule has 0 saturated carbocycles. The number of hydrogen-bond acceptors (Lipinski definition) is 4. The third-order valence-corrected chi connectivity index (χ3v) is 4.23. The molecule has 6 heteroatoms. The molecule has 2 aliphatic heterocycles. The first-order chi connectivity index (χ1) is 11.2. The van der Waals surface area contributed by atoms with Crippen molar-refractivity contribution in [3.63, 3.8) is 0 Å². The van der Waals surface area contributed by atoms with Gasteiger partial charge in [-0.3, -0.25) is 9.59 Å². The van der Waals surface area contributed by atoms with E-state index in [0.29, 0.717) is 56.3 Å². The van der Waals surface area contributed by atoms with Gasteiger partial charge >= 0.3 is 0 Å². The van der Waals surface area contributed by atoms with Crippen LogP contribution in [0.1, 0.15) is 30.1 Å². The molecule has 0 bridgehead atoms. The van der Waals surface area contributed by atoms with Gasteiger partial charge in [-0.2, -0.15) is 0 Å². The molecule has 1 aromatic rings. The van der Waals surface area contributed by atoms with Gasteiger partial charge in [0.15, 0.2) is 11.5 Å². The highest BCUT2D eigenvalue weighted by atomic mass is 16.6. The smallest absolute Gasteiger partial charge is 0.254 e. The molecular formula is C17H22N2O4. The predicted molar refractivity (Wildman–Crippen MR) is 84.8 cm³/mol. The second-order valence-electron chi connectivity index (χ2n) is 5.74. The van der Waals surface area contributed by atoms with Crippen molar-refractivity contribution in [1.29, 1.82) is 0 Å². The summed E-state index contributed by atoms with van der Waals surface area (Å²) in [5.74, 6) is 1.44. The van der Waals surface area contributed by atoms with Crippen molar-refractivity contribution in [2.45, 2.75) is 19.8 Å². The van der Waals surface area contributed by atoms with E-state index in [4.69, 9.17) is 9.47 Å². The van der Waals surface area contributed by atoms with Gasteiger partial charge in [0.05, 0.1) is 0 Å². The lowest BCUT2D eigenvalue weighted by molar-refractivity contribution is -0.130. The molecule has 0 aromatic heterocycles. The third-order valence-electron chi connectivity index (χ3n) is 4.23. The Balaban J connectivity index is 1.69. The first kappa shape index (κ1) is 15.6. The first-order valence-corrected chi connectivity index (χ1v) is 8.15. The molecule has 2 heterocycles. The lowest BCUT2D eigenvalue weighted by Gasteiger charge is -2.23. The fraction of sp³-hybridized carbons (Fsp3) is 0.529. The number of ether oxygens (including phenoxy) is 2. The summed E-state index contributed by atoms with van der Waals surface area (Å²) in [5, 5.41) is 0. The molecule has 23 heavy (non-hydrogen) atoms. The molecule has 0 N–H and O–H groups in total. The fourth-order valence-corrected chi connectivity index (χ4v) is 2.95. The summed E-state index contributed by atoms with van der Waals surface area (Å²) in [7, 11) is 0. The van der Waals surface area contributed by atoms with E-state index in [1.807, 2.05) is 16.7 Å². The minimum Gasteiger partial charge on any atom is -0.486 e. The van der Waals surface area contributed by atoms with Crippen LogP contribution in [-0.2, 0) is 4.79 Å². The van der Waals surface area contributed by atoms with Gasteiger partial charge in [-0.25, -0.2) is 0 Å². The van der Waals surface area contributed by atoms with E-state index in [9.17, 15) is 9.59 Å². The van der Waals surface area contributed by atoms with E-state index >= 15 is 0 Å². The van der Waals surface area contributed by atoms with Gasteiger partial charge in [0.2, 0.25) is 5.91 Å². The van der Waals surface area contributed by atoms with Crippen LogP contribution in [0.5, 0.6) is 11.5 Å². The second kappa shape index (κ2) is 6.89.